The van der Waals surface area contributed by atoms with Crippen molar-refractivity contribution in [1.29, 1.82) is 0 Å². The first kappa shape index (κ1) is 91.1. The number of hydrogen-bond donors (Lipinski definition) is 3. The van der Waals surface area contributed by atoms with Crippen LogP contribution in [0, 0.1) is 11.8 Å². The van der Waals surface area contributed by atoms with Gasteiger partial charge in [0.15, 0.2) is 12.2 Å². The maximum atomic E-state index is 13.1. The summed E-state index contributed by atoms with van der Waals surface area (Å²) in [7, 11) is -9.91. The Bertz CT molecular complexity index is 1800. The Hall–Kier alpha value is -1.94. The van der Waals surface area contributed by atoms with Crippen LogP contribution in [0.4, 0.5) is 0 Å². The summed E-state index contributed by atoms with van der Waals surface area (Å²) < 4.78 is 68.5. The molecular weight excluding hydrogens is 1220 g/mol. The molecule has 0 spiro atoms. The molecule has 2 unspecified atom stereocenters. The molecule has 0 bridgehead atoms. The van der Waals surface area contributed by atoms with Gasteiger partial charge in [0.1, 0.15) is 19.3 Å². The van der Waals surface area contributed by atoms with Crippen molar-refractivity contribution in [3.63, 3.8) is 0 Å². The van der Waals surface area contributed by atoms with Gasteiger partial charge in [-0.1, -0.05) is 330 Å². The zero-order valence-corrected chi connectivity index (χ0v) is 62.3. The Labute approximate surface area is 568 Å². The quantitative estimate of drug-likeness (QED) is 0.0222. The predicted octanol–water partition coefficient (Wildman–Crippen LogP) is 21.6. The van der Waals surface area contributed by atoms with Crippen LogP contribution in [0.15, 0.2) is 0 Å². The summed E-state index contributed by atoms with van der Waals surface area (Å²) in [5, 5.41) is 10.6. The van der Waals surface area contributed by atoms with Gasteiger partial charge in [-0.05, 0) is 37.5 Å². The molecule has 0 aromatic carbocycles. The molecule has 93 heavy (non-hydrogen) atoms. The average Bonchev–Trinajstić information content (AvgIpc) is 2.69. The number of hydrogen-bond acceptors (Lipinski definition) is 15. The average molecular weight is 1370 g/mol. The van der Waals surface area contributed by atoms with Crippen molar-refractivity contribution < 1.29 is 80.2 Å². The van der Waals surface area contributed by atoms with E-state index in [-0.39, 0.29) is 25.7 Å². The van der Waals surface area contributed by atoms with E-state index in [0.717, 1.165) is 102 Å². The number of aliphatic hydroxyl groups excluding tert-OH is 1. The molecule has 0 aliphatic rings. The second-order valence-electron chi connectivity index (χ2n) is 27.6. The molecule has 0 aliphatic heterocycles. The van der Waals surface area contributed by atoms with Crippen LogP contribution in [0.3, 0.4) is 0 Å². The summed E-state index contributed by atoms with van der Waals surface area (Å²) in [5.74, 6) is -0.655. The highest BCUT2D eigenvalue weighted by molar-refractivity contribution is 7.47. The van der Waals surface area contributed by atoms with Crippen LogP contribution in [0.1, 0.15) is 382 Å². The van der Waals surface area contributed by atoms with Gasteiger partial charge >= 0.3 is 39.5 Å². The molecule has 0 rings (SSSR count). The summed E-state index contributed by atoms with van der Waals surface area (Å²) in [6.45, 7) is 9.53. The van der Waals surface area contributed by atoms with Gasteiger partial charge in [-0.15, -0.1) is 0 Å². The van der Waals surface area contributed by atoms with E-state index in [9.17, 15) is 43.2 Å². The van der Waals surface area contributed by atoms with E-state index in [0.29, 0.717) is 25.7 Å². The van der Waals surface area contributed by atoms with E-state index < -0.39 is 97.5 Å². The fraction of sp³-hybridized carbons (Fsp3) is 0.946. The normalized spacial score (nSPS) is 14.1. The van der Waals surface area contributed by atoms with Crippen molar-refractivity contribution in [2.75, 3.05) is 39.6 Å². The maximum absolute atomic E-state index is 13.1. The number of carbonyl (C=O) groups excluding carboxylic acids is 4. The van der Waals surface area contributed by atoms with E-state index in [1.165, 1.54) is 199 Å². The number of unbranched alkanes of at least 4 members (excludes halogenated alkanes) is 43. The number of aliphatic hydroxyl groups is 1. The molecule has 19 heteroatoms. The summed E-state index contributed by atoms with van der Waals surface area (Å²) >= 11 is 0. The number of ether oxygens (including phenoxy) is 4. The summed E-state index contributed by atoms with van der Waals surface area (Å²) in [4.78, 5) is 72.7. The molecule has 3 N–H and O–H groups in total. The third kappa shape index (κ3) is 68.4. The van der Waals surface area contributed by atoms with Crippen molar-refractivity contribution >= 4 is 39.5 Å². The van der Waals surface area contributed by atoms with Crippen LogP contribution in [-0.4, -0.2) is 96.7 Å². The monoisotopic (exact) mass is 1370 g/mol. The Balaban J connectivity index is 5.25. The van der Waals surface area contributed by atoms with Gasteiger partial charge in [0.2, 0.25) is 0 Å². The van der Waals surface area contributed by atoms with Gasteiger partial charge in [0.25, 0.3) is 0 Å². The fourth-order valence-corrected chi connectivity index (χ4v) is 12.9. The highest BCUT2D eigenvalue weighted by Crippen LogP contribution is 2.45. The molecule has 0 aliphatic carbocycles. The van der Waals surface area contributed by atoms with Crippen molar-refractivity contribution in [3.05, 3.63) is 0 Å². The molecule has 0 fully saturated rings. The lowest BCUT2D eigenvalue weighted by atomic mass is 10.0. The van der Waals surface area contributed by atoms with Crippen LogP contribution in [0.2, 0.25) is 0 Å². The first-order valence-corrected chi connectivity index (χ1v) is 41.5. The SMILES string of the molecule is CCCCCCCCCCCCCCCCCC(=O)OC[C@H](COP(=O)(O)OC[C@@H](O)COP(=O)(O)OC[C@@H](COC(=O)CCCCCCCCCCC(C)C)OC(=O)CCCCCCCCCCCC(C)C)OC(=O)CCCCCCCCCCCCCCCCC. The zero-order chi connectivity index (χ0) is 68.6. The second-order valence-corrected chi connectivity index (χ2v) is 30.5. The molecule has 5 atom stereocenters. The lowest BCUT2D eigenvalue weighted by Gasteiger charge is -2.21. The molecule has 0 saturated heterocycles. The van der Waals surface area contributed by atoms with Gasteiger partial charge in [0, 0.05) is 25.7 Å². The van der Waals surface area contributed by atoms with Gasteiger partial charge in [-0.2, -0.15) is 0 Å². The lowest BCUT2D eigenvalue weighted by Crippen LogP contribution is -2.30. The van der Waals surface area contributed by atoms with E-state index >= 15 is 0 Å². The first-order chi connectivity index (χ1) is 44.9. The second kappa shape index (κ2) is 66.0. The van der Waals surface area contributed by atoms with Gasteiger partial charge in [-0.3, -0.25) is 37.3 Å². The molecule has 0 heterocycles. The van der Waals surface area contributed by atoms with Crippen molar-refractivity contribution in [1.82, 2.24) is 0 Å². The molecule has 0 amide bonds. The predicted molar refractivity (Wildman–Crippen MR) is 377 cm³/mol. The van der Waals surface area contributed by atoms with Crippen LogP contribution in [0.25, 0.3) is 0 Å². The number of esters is 4. The Morgan fingerprint density at radius 1 is 0.290 bits per heavy atom. The van der Waals surface area contributed by atoms with E-state index in [2.05, 4.69) is 41.5 Å². The zero-order valence-electron chi connectivity index (χ0n) is 60.6. The van der Waals surface area contributed by atoms with Crippen LogP contribution in [-0.2, 0) is 65.4 Å². The molecule has 0 aromatic rings. The Morgan fingerprint density at radius 3 is 0.731 bits per heavy atom. The van der Waals surface area contributed by atoms with E-state index in [1.54, 1.807) is 0 Å². The molecule has 17 nitrogen and oxygen atoms in total. The number of phosphoric ester groups is 2. The van der Waals surface area contributed by atoms with Gasteiger partial charge in [0.05, 0.1) is 26.4 Å². The van der Waals surface area contributed by atoms with Crippen molar-refractivity contribution in [2.24, 2.45) is 11.8 Å². The lowest BCUT2D eigenvalue weighted by molar-refractivity contribution is -0.161. The highest BCUT2D eigenvalue weighted by atomic mass is 31.2. The standard InChI is InChI=1S/C74H144O17P2/c1-7-9-11-13-15-17-19-21-23-25-27-31-38-44-50-56-71(76)84-62-69(90-73(78)58-52-46-40-32-28-26-24-22-20-18-16-14-12-10-8-2)64-88-92(80,81)86-60-68(75)61-87-93(82,83)89-65-70(63-85-72(77)57-51-45-39-35-34-37-43-49-55-67(5)6)91-74(79)59-53-47-41-33-29-30-36-42-48-54-66(3)4/h66-70,75H,7-65H2,1-6H3,(H,80,81)(H,82,83)/t68-,69-,70-/m1/s1. The summed E-state index contributed by atoms with van der Waals surface area (Å²) in [5.41, 5.74) is 0. The highest BCUT2D eigenvalue weighted by Gasteiger charge is 2.30. The molecule has 0 radical (unpaired) electrons. The van der Waals surface area contributed by atoms with Crippen LogP contribution < -0.4 is 0 Å². The molecular formula is C74H144O17P2. The Morgan fingerprint density at radius 2 is 0.495 bits per heavy atom. The van der Waals surface area contributed by atoms with Crippen molar-refractivity contribution in [3.8, 4) is 0 Å². The Kier molecular flexibility index (Phi) is 64.6. The summed E-state index contributed by atoms with van der Waals surface area (Å²) in [6.07, 6.45) is 52.7. The third-order valence-corrected chi connectivity index (χ3v) is 19.1. The van der Waals surface area contributed by atoms with E-state index in [1.807, 2.05) is 0 Å². The smallest absolute Gasteiger partial charge is 0.462 e. The fourth-order valence-electron chi connectivity index (χ4n) is 11.3. The van der Waals surface area contributed by atoms with Crippen LogP contribution >= 0.6 is 15.6 Å². The maximum Gasteiger partial charge on any atom is 0.472 e. The minimum absolute atomic E-state index is 0.105. The molecule has 552 valence electrons. The first-order valence-electron chi connectivity index (χ1n) is 38.5. The molecule has 0 aromatic heterocycles. The van der Waals surface area contributed by atoms with Crippen molar-refractivity contribution in [2.45, 2.75) is 400 Å². The topological polar surface area (TPSA) is 237 Å². The molecule has 0 saturated carbocycles. The number of rotatable bonds is 73. The van der Waals surface area contributed by atoms with Crippen LogP contribution in [0.5, 0.6) is 0 Å². The van der Waals surface area contributed by atoms with Gasteiger partial charge in [-0.25, -0.2) is 9.13 Å². The summed E-state index contributed by atoms with van der Waals surface area (Å²) in [6, 6.07) is 0. The number of carbonyl (C=O) groups is 4. The van der Waals surface area contributed by atoms with Gasteiger partial charge < -0.3 is 33.8 Å². The number of phosphoric acid groups is 2. The largest absolute Gasteiger partial charge is 0.472 e. The minimum atomic E-state index is -4.95. The minimum Gasteiger partial charge on any atom is -0.462 e. The van der Waals surface area contributed by atoms with E-state index in [4.69, 9.17) is 37.0 Å². The third-order valence-electron chi connectivity index (χ3n) is 17.2.